The lowest BCUT2D eigenvalue weighted by atomic mass is 10.1. The molecular formula is C23H20N4O. The fraction of sp³-hybridized carbons (Fsp3) is 0.0870. The second-order valence-corrected chi connectivity index (χ2v) is 6.42. The minimum atomic E-state index is -0.206. The van der Waals surface area contributed by atoms with Gasteiger partial charge in [-0.3, -0.25) is 4.79 Å². The van der Waals surface area contributed by atoms with E-state index in [1.165, 1.54) is 0 Å². The lowest BCUT2D eigenvalue weighted by Gasteiger charge is -2.20. The lowest BCUT2D eigenvalue weighted by molar-refractivity contribution is 0.0938. The van der Waals surface area contributed by atoms with Crippen LogP contribution in [0.4, 0.5) is 5.82 Å². The van der Waals surface area contributed by atoms with E-state index >= 15 is 0 Å². The van der Waals surface area contributed by atoms with Crippen LogP contribution in [0.25, 0.3) is 10.9 Å². The zero-order valence-electron chi connectivity index (χ0n) is 15.2. The molecule has 0 bridgehead atoms. The number of hydrogen-bond acceptors (Lipinski definition) is 4. The van der Waals surface area contributed by atoms with Crippen LogP contribution in [-0.4, -0.2) is 22.4 Å². The van der Waals surface area contributed by atoms with E-state index in [0.717, 1.165) is 22.3 Å². The first-order valence-electron chi connectivity index (χ1n) is 9.16. The van der Waals surface area contributed by atoms with Gasteiger partial charge in [0.1, 0.15) is 12.1 Å². The summed E-state index contributed by atoms with van der Waals surface area (Å²) in [4.78, 5) is 21.4. The van der Waals surface area contributed by atoms with E-state index in [9.17, 15) is 4.79 Å². The number of benzene rings is 3. The van der Waals surface area contributed by atoms with E-state index in [4.69, 9.17) is 0 Å². The first kappa shape index (κ1) is 17.7. The lowest BCUT2D eigenvalue weighted by Crippen LogP contribution is -2.33. The van der Waals surface area contributed by atoms with Crippen molar-refractivity contribution in [3.8, 4) is 0 Å². The van der Waals surface area contributed by atoms with Gasteiger partial charge < -0.3 is 10.6 Å². The third-order valence-electron chi connectivity index (χ3n) is 4.56. The number of nitrogens with zero attached hydrogens (tertiary/aromatic N) is 2. The Hall–Kier alpha value is -3.73. The molecule has 1 aromatic heterocycles. The summed E-state index contributed by atoms with van der Waals surface area (Å²) >= 11 is 0. The van der Waals surface area contributed by atoms with Gasteiger partial charge >= 0.3 is 0 Å². The number of rotatable bonds is 6. The maximum atomic E-state index is 12.7. The molecule has 3 aromatic carbocycles. The largest absolute Gasteiger partial charge is 0.367 e. The van der Waals surface area contributed by atoms with Crippen LogP contribution in [0.5, 0.6) is 0 Å². The molecule has 28 heavy (non-hydrogen) atoms. The number of aromatic nitrogens is 2. The molecule has 138 valence electrons. The highest BCUT2D eigenvalue weighted by atomic mass is 16.1. The van der Waals surface area contributed by atoms with Crippen molar-refractivity contribution in [2.45, 2.75) is 6.04 Å². The number of nitrogens with one attached hydrogen (secondary N) is 2. The SMILES string of the molecule is O=C(NC(CNc1ncnc2ccccc12)c1ccccc1)c1ccccc1. The molecule has 1 unspecified atom stereocenters. The summed E-state index contributed by atoms with van der Waals surface area (Å²) in [6, 6.07) is 26.8. The number of fused-ring (bicyclic) bond motifs is 1. The van der Waals surface area contributed by atoms with Crippen LogP contribution in [0.2, 0.25) is 0 Å². The zero-order chi connectivity index (χ0) is 19.2. The third-order valence-corrected chi connectivity index (χ3v) is 4.56. The standard InChI is InChI=1S/C23H20N4O/c28-23(18-11-5-2-6-12-18)27-21(17-9-3-1-4-10-17)15-24-22-19-13-7-8-14-20(19)25-16-26-22/h1-14,16,21H,15H2,(H,27,28)(H,24,25,26). The number of hydrogen-bond donors (Lipinski definition) is 2. The summed E-state index contributed by atoms with van der Waals surface area (Å²) in [5.74, 6) is 0.643. The number of amides is 1. The molecule has 0 radical (unpaired) electrons. The molecule has 0 aliphatic rings. The Morgan fingerprint density at radius 1 is 0.821 bits per heavy atom. The molecule has 4 rings (SSSR count). The van der Waals surface area contributed by atoms with Crippen molar-refractivity contribution >= 4 is 22.6 Å². The molecule has 5 heteroatoms. The van der Waals surface area contributed by atoms with Crippen molar-refractivity contribution < 1.29 is 4.79 Å². The molecule has 2 N–H and O–H groups in total. The van der Waals surface area contributed by atoms with E-state index in [0.29, 0.717) is 12.1 Å². The van der Waals surface area contributed by atoms with Gasteiger partial charge in [0.2, 0.25) is 0 Å². The van der Waals surface area contributed by atoms with Crippen molar-refractivity contribution in [3.05, 3.63) is 102 Å². The summed E-state index contributed by atoms with van der Waals surface area (Å²) < 4.78 is 0. The van der Waals surface area contributed by atoms with Gasteiger partial charge in [0.25, 0.3) is 5.91 Å². The number of para-hydroxylation sites is 1. The van der Waals surface area contributed by atoms with E-state index < -0.39 is 0 Å². The van der Waals surface area contributed by atoms with Gasteiger partial charge in [0.15, 0.2) is 0 Å². The Balaban J connectivity index is 1.56. The third kappa shape index (κ3) is 3.99. The van der Waals surface area contributed by atoms with Crippen LogP contribution in [0.15, 0.2) is 91.3 Å². The van der Waals surface area contributed by atoms with E-state index in [1.807, 2.05) is 84.9 Å². The summed E-state index contributed by atoms with van der Waals surface area (Å²) in [7, 11) is 0. The molecular weight excluding hydrogens is 348 g/mol. The first-order valence-corrected chi connectivity index (χ1v) is 9.16. The molecule has 0 fully saturated rings. The molecule has 0 aliphatic carbocycles. The maximum absolute atomic E-state index is 12.7. The second kappa shape index (κ2) is 8.31. The van der Waals surface area contributed by atoms with Gasteiger partial charge in [0, 0.05) is 17.5 Å². The van der Waals surface area contributed by atoms with Crippen molar-refractivity contribution in [1.82, 2.24) is 15.3 Å². The number of anilines is 1. The van der Waals surface area contributed by atoms with Crippen molar-refractivity contribution in [2.75, 3.05) is 11.9 Å². The van der Waals surface area contributed by atoms with Crippen molar-refractivity contribution in [1.29, 1.82) is 0 Å². The van der Waals surface area contributed by atoms with Crippen LogP contribution >= 0.6 is 0 Å². The number of carbonyl (C=O) groups is 1. The first-order chi connectivity index (χ1) is 13.8. The highest BCUT2D eigenvalue weighted by Crippen LogP contribution is 2.20. The maximum Gasteiger partial charge on any atom is 0.251 e. The second-order valence-electron chi connectivity index (χ2n) is 6.42. The Labute approximate surface area is 163 Å². The van der Waals surface area contributed by atoms with Gasteiger partial charge in [-0.05, 0) is 29.8 Å². The molecule has 0 aliphatic heterocycles. The van der Waals surface area contributed by atoms with Gasteiger partial charge in [-0.2, -0.15) is 0 Å². The quantitative estimate of drug-likeness (QED) is 0.535. The average molecular weight is 368 g/mol. The normalized spacial score (nSPS) is 11.7. The van der Waals surface area contributed by atoms with Crippen LogP contribution < -0.4 is 10.6 Å². The molecule has 1 atom stereocenters. The van der Waals surface area contributed by atoms with E-state index in [2.05, 4.69) is 20.6 Å². The van der Waals surface area contributed by atoms with Crippen LogP contribution in [-0.2, 0) is 0 Å². The summed E-state index contributed by atoms with van der Waals surface area (Å²) in [6.07, 6.45) is 1.55. The van der Waals surface area contributed by atoms with Gasteiger partial charge in [0.05, 0.1) is 11.6 Å². The molecule has 1 heterocycles. The summed E-state index contributed by atoms with van der Waals surface area (Å²) in [6.45, 7) is 0.504. The van der Waals surface area contributed by atoms with E-state index in [-0.39, 0.29) is 11.9 Å². The van der Waals surface area contributed by atoms with Crippen molar-refractivity contribution in [2.24, 2.45) is 0 Å². The Kier molecular flexibility index (Phi) is 5.24. The highest BCUT2D eigenvalue weighted by Gasteiger charge is 2.16. The zero-order valence-corrected chi connectivity index (χ0v) is 15.2. The Morgan fingerprint density at radius 2 is 1.50 bits per heavy atom. The molecule has 0 saturated heterocycles. The monoisotopic (exact) mass is 368 g/mol. The van der Waals surface area contributed by atoms with Crippen LogP contribution in [0.1, 0.15) is 22.0 Å². The smallest absolute Gasteiger partial charge is 0.251 e. The minimum Gasteiger partial charge on any atom is -0.367 e. The minimum absolute atomic E-state index is 0.108. The number of carbonyl (C=O) groups excluding carboxylic acids is 1. The fourth-order valence-corrected chi connectivity index (χ4v) is 3.11. The molecule has 4 aromatic rings. The molecule has 0 spiro atoms. The summed E-state index contributed by atoms with van der Waals surface area (Å²) in [5.41, 5.74) is 2.54. The van der Waals surface area contributed by atoms with E-state index in [1.54, 1.807) is 6.33 Å². The van der Waals surface area contributed by atoms with Gasteiger partial charge in [-0.15, -0.1) is 0 Å². The van der Waals surface area contributed by atoms with Gasteiger partial charge in [-0.1, -0.05) is 60.7 Å². The fourth-order valence-electron chi connectivity index (χ4n) is 3.11. The highest BCUT2D eigenvalue weighted by molar-refractivity contribution is 5.94. The summed E-state index contributed by atoms with van der Waals surface area (Å²) in [5, 5.41) is 7.45. The van der Waals surface area contributed by atoms with Crippen molar-refractivity contribution in [3.63, 3.8) is 0 Å². The molecule has 5 nitrogen and oxygen atoms in total. The predicted molar refractivity (Wildman–Crippen MR) is 111 cm³/mol. The van der Waals surface area contributed by atoms with Gasteiger partial charge in [-0.25, -0.2) is 9.97 Å². The molecule has 0 saturated carbocycles. The Bertz CT molecular complexity index is 1060. The predicted octanol–water partition coefficient (Wildman–Crippen LogP) is 4.21. The van der Waals surface area contributed by atoms with Crippen LogP contribution in [0.3, 0.4) is 0 Å². The topological polar surface area (TPSA) is 66.9 Å². The molecule has 1 amide bonds. The average Bonchev–Trinajstić information content (AvgIpc) is 2.77. The van der Waals surface area contributed by atoms with Crippen LogP contribution in [0, 0.1) is 0 Å². The Morgan fingerprint density at radius 3 is 2.29 bits per heavy atom.